The zero-order valence-electron chi connectivity index (χ0n) is 14.6. The van der Waals surface area contributed by atoms with E-state index in [-0.39, 0.29) is 11.9 Å². The zero-order chi connectivity index (χ0) is 18.8. The van der Waals surface area contributed by atoms with Crippen LogP contribution in [0, 0.1) is 0 Å². The maximum absolute atomic E-state index is 12.3. The van der Waals surface area contributed by atoms with Crippen molar-refractivity contribution >= 4 is 44.6 Å². The number of rotatable bonds is 6. The number of hydrogen-bond donors (Lipinski definition) is 4. The van der Waals surface area contributed by atoms with E-state index < -0.39 is 0 Å². The van der Waals surface area contributed by atoms with Gasteiger partial charge < -0.3 is 16.0 Å². The molecule has 0 spiro atoms. The SMILES string of the molecule is N[C@H](CCc1ccccc1)CNc1cc2c3c(c(Br)[nH]c3c1)C=NNC2=O. The molecule has 0 unspecified atom stereocenters. The van der Waals surface area contributed by atoms with Gasteiger partial charge in [0.15, 0.2) is 0 Å². The van der Waals surface area contributed by atoms with Crippen molar-refractivity contribution in [3.63, 3.8) is 0 Å². The molecule has 7 heteroatoms. The van der Waals surface area contributed by atoms with Crippen molar-refractivity contribution in [3.05, 3.63) is 63.8 Å². The Morgan fingerprint density at radius 2 is 2.04 bits per heavy atom. The average molecular weight is 426 g/mol. The van der Waals surface area contributed by atoms with Crippen molar-refractivity contribution in [3.8, 4) is 0 Å². The number of hydrazone groups is 1. The fourth-order valence-corrected chi connectivity index (χ4v) is 3.81. The minimum atomic E-state index is -0.224. The largest absolute Gasteiger partial charge is 0.383 e. The number of aromatic nitrogens is 1. The van der Waals surface area contributed by atoms with E-state index in [0.29, 0.717) is 12.1 Å². The number of carbonyl (C=O) groups excluding carboxylic acids is 1. The maximum Gasteiger partial charge on any atom is 0.272 e. The van der Waals surface area contributed by atoms with E-state index in [1.807, 2.05) is 30.3 Å². The molecule has 0 radical (unpaired) electrons. The van der Waals surface area contributed by atoms with Gasteiger partial charge in [0.05, 0.1) is 16.4 Å². The highest BCUT2D eigenvalue weighted by molar-refractivity contribution is 9.10. The summed E-state index contributed by atoms with van der Waals surface area (Å²) < 4.78 is 0.802. The molecule has 0 aliphatic carbocycles. The molecule has 138 valence electrons. The predicted octanol–water partition coefficient (Wildman–Crippen LogP) is 3.38. The van der Waals surface area contributed by atoms with Gasteiger partial charge in [0.25, 0.3) is 5.91 Å². The summed E-state index contributed by atoms with van der Waals surface area (Å²) in [5.41, 5.74) is 13.3. The molecule has 27 heavy (non-hydrogen) atoms. The average Bonchev–Trinajstić information content (AvgIpc) is 2.89. The summed E-state index contributed by atoms with van der Waals surface area (Å²) in [6.07, 6.45) is 3.48. The number of amides is 1. The van der Waals surface area contributed by atoms with Crippen LogP contribution in [0.5, 0.6) is 0 Å². The highest BCUT2D eigenvalue weighted by atomic mass is 79.9. The van der Waals surface area contributed by atoms with Crippen LogP contribution < -0.4 is 16.5 Å². The molecule has 1 aromatic heterocycles. The summed E-state index contributed by atoms with van der Waals surface area (Å²) in [6, 6.07) is 14.2. The Kier molecular flexibility index (Phi) is 4.96. The van der Waals surface area contributed by atoms with Gasteiger partial charge >= 0.3 is 0 Å². The quantitative estimate of drug-likeness (QED) is 0.487. The monoisotopic (exact) mass is 425 g/mol. The Balaban J connectivity index is 1.48. The van der Waals surface area contributed by atoms with Gasteiger partial charge in [-0.25, -0.2) is 5.43 Å². The van der Waals surface area contributed by atoms with E-state index >= 15 is 0 Å². The molecule has 2 aromatic carbocycles. The fourth-order valence-electron chi connectivity index (χ4n) is 3.29. The molecule has 1 amide bonds. The highest BCUT2D eigenvalue weighted by Gasteiger charge is 2.20. The van der Waals surface area contributed by atoms with E-state index in [1.54, 1.807) is 6.21 Å². The molecule has 6 nitrogen and oxygen atoms in total. The van der Waals surface area contributed by atoms with Gasteiger partial charge in [-0.05, 0) is 46.5 Å². The third kappa shape index (κ3) is 3.74. The van der Waals surface area contributed by atoms with E-state index in [4.69, 9.17) is 5.73 Å². The third-order valence-corrected chi connectivity index (χ3v) is 5.33. The lowest BCUT2D eigenvalue weighted by atomic mass is 10.0. The first-order valence-corrected chi connectivity index (χ1v) is 9.63. The van der Waals surface area contributed by atoms with Crippen LogP contribution >= 0.6 is 15.9 Å². The van der Waals surface area contributed by atoms with Gasteiger partial charge in [0, 0.05) is 34.7 Å². The molecule has 0 saturated carbocycles. The Hall–Kier alpha value is -2.64. The predicted molar refractivity (Wildman–Crippen MR) is 112 cm³/mol. The zero-order valence-corrected chi connectivity index (χ0v) is 16.2. The number of nitrogens with zero attached hydrogens (tertiary/aromatic N) is 1. The van der Waals surface area contributed by atoms with Crippen molar-refractivity contribution < 1.29 is 4.79 Å². The molecule has 0 saturated heterocycles. The Bertz CT molecular complexity index is 1010. The summed E-state index contributed by atoms with van der Waals surface area (Å²) in [5.74, 6) is -0.224. The van der Waals surface area contributed by atoms with E-state index in [1.165, 1.54) is 5.56 Å². The summed E-state index contributed by atoms with van der Waals surface area (Å²) in [6.45, 7) is 0.630. The molecular weight excluding hydrogens is 406 g/mol. The number of aromatic amines is 1. The van der Waals surface area contributed by atoms with Gasteiger partial charge in [0.2, 0.25) is 0 Å². The second-order valence-electron chi connectivity index (χ2n) is 6.66. The number of carbonyl (C=O) groups is 1. The number of nitrogens with one attached hydrogen (secondary N) is 3. The first-order chi connectivity index (χ1) is 13.1. The molecule has 2 heterocycles. The van der Waals surface area contributed by atoms with Crippen LogP contribution in [0.2, 0.25) is 0 Å². The maximum atomic E-state index is 12.3. The second-order valence-corrected chi connectivity index (χ2v) is 7.46. The van der Waals surface area contributed by atoms with Gasteiger partial charge in [-0.2, -0.15) is 5.10 Å². The molecule has 5 N–H and O–H groups in total. The number of benzene rings is 2. The number of nitrogens with two attached hydrogens (primary N) is 1. The van der Waals surface area contributed by atoms with Gasteiger partial charge in [-0.1, -0.05) is 30.3 Å². The topological polar surface area (TPSA) is 95.3 Å². The number of anilines is 1. The van der Waals surface area contributed by atoms with E-state index in [0.717, 1.165) is 39.6 Å². The number of halogens is 1. The van der Waals surface area contributed by atoms with Crippen LogP contribution in [-0.2, 0) is 6.42 Å². The normalized spacial score (nSPS) is 14.1. The molecule has 1 aliphatic rings. The molecule has 1 atom stereocenters. The summed E-state index contributed by atoms with van der Waals surface area (Å²) >= 11 is 3.50. The standard InChI is InChI=1S/C20H20BrN5O/c21-19-16-11-24-26-20(27)15-8-14(9-17(25-19)18(15)16)23-10-13(22)7-6-12-4-2-1-3-5-12/h1-5,8-9,11,13,23,25H,6-7,10,22H2,(H,26,27)/t13-/m1/s1. The molecule has 0 bridgehead atoms. The minimum absolute atomic E-state index is 0.0168. The summed E-state index contributed by atoms with van der Waals surface area (Å²) in [4.78, 5) is 15.6. The van der Waals surface area contributed by atoms with Gasteiger partial charge in [0.1, 0.15) is 0 Å². The molecule has 0 fully saturated rings. The Morgan fingerprint density at radius 1 is 1.22 bits per heavy atom. The van der Waals surface area contributed by atoms with Crippen LogP contribution in [0.3, 0.4) is 0 Å². The molecule has 3 aromatic rings. The van der Waals surface area contributed by atoms with Crippen molar-refractivity contribution in [2.45, 2.75) is 18.9 Å². The molecular formula is C20H20BrN5O. The Morgan fingerprint density at radius 3 is 2.85 bits per heavy atom. The van der Waals surface area contributed by atoms with Crippen LogP contribution in [0.4, 0.5) is 5.69 Å². The number of H-pyrrole nitrogens is 1. The van der Waals surface area contributed by atoms with Crippen molar-refractivity contribution in [2.75, 3.05) is 11.9 Å². The summed E-state index contributed by atoms with van der Waals surface area (Å²) in [7, 11) is 0. The van der Waals surface area contributed by atoms with E-state index in [2.05, 4.69) is 48.9 Å². The smallest absolute Gasteiger partial charge is 0.272 e. The van der Waals surface area contributed by atoms with Gasteiger partial charge in [-0.3, -0.25) is 4.79 Å². The number of aryl methyl sites for hydroxylation is 1. The first-order valence-electron chi connectivity index (χ1n) is 8.84. The van der Waals surface area contributed by atoms with Crippen LogP contribution in [0.15, 0.2) is 52.2 Å². The lowest BCUT2D eigenvalue weighted by Gasteiger charge is -2.15. The second kappa shape index (κ2) is 7.54. The minimum Gasteiger partial charge on any atom is -0.383 e. The highest BCUT2D eigenvalue weighted by Crippen LogP contribution is 2.32. The van der Waals surface area contributed by atoms with Crippen molar-refractivity contribution in [2.24, 2.45) is 10.8 Å². The number of hydrogen-bond acceptors (Lipinski definition) is 4. The molecule has 4 rings (SSSR count). The van der Waals surface area contributed by atoms with Crippen LogP contribution in [-0.4, -0.2) is 29.7 Å². The fraction of sp³-hybridized carbons (Fsp3) is 0.200. The Labute approximate surface area is 165 Å². The first kappa shape index (κ1) is 17.8. The lowest BCUT2D eigenvalue weighted by molar-refractivity contribution is 0.0957. The third-order valence-electron chi connectivity index (χ3n) is 4.71. The summed E-state index contributed by atoms with van der Waals surface area (Å²) in [5, 5.41) is 8.19. The van der Waals surface area contributed by atoms with Crippen molar-refractivity contribution in [1.82, 2.24) is 10.4 Å². The van der Waals surface area contributed by atoms with Crippen LogP contribution in [0.1, 0.15) is 27.9 Å². The molecule has 1 aliphatic heterocycles. The lowest BCUT2D eigenvalue weighted by Crippen LogP contribution is -2.29. The van der Waals surface area contributed by atoms with Crippen molar-refractivity contribution in [1.29, 1.82) is 0 Å². The van der Waals surface area contributed by atoms with Gasteiger partial charge in [-0.15, -0.1) is 0 Å². The van der Waals surface area contributed by atoms with Crippen LogP contribution in [0.25, 0.3) is 10.9 Å². The van der Waals surface area contributed by atoms with E-state index in [9.17, 15) is 4.79 Å².